The van der Waals surface area contributed by atoms with Crippen LogP contribution in [0.4, 0.5) is 5.69 Å². The summed E-state index contributed by atoms with van der Waals surface area (Å²) in [6, 6.07) is 8.36. The SMILES string of the molecule is O=C1CCCc2ccccc2N1CCC1CNC1. The molecular formula is C15H20N2O. The summed E-state index contributed by atoms with van der Waals surface area (Å²) < 4.78 is 0. The van der Waals surface area contributed by atoms with Crippen molar-refractivity contribution in [3.8, 4) is 0 Å². The number of aryl methyl sites for hydroxylation is 1. The number of anilines is 1. The fourth-order valence-corrected chi connectivity index (χ4v) is 2.79. The van der Waals surface area contributed by atoms with Crippen LogP contribution in [0.25, 0.3) is 0 Å². The fraction of sp³-hybridized carbons (Fsp3) is 0.533. The molecule has 1 fully saturated rings. The molecule has 0 aromatic heterocycles. The zero-order valence-electron chi connectivity index (χ0n) is 10.7. The number of carbonyl (C=O) groups excluding carboxylic acids is 1. The van der Waals surface area contributed by atoms with Crippen molar-refractivity contribution in [3.05, 3.63) is 29.8 Å². The Bertz CT molecular complexity index is 440. The van der Waals surface area contributed by atoms with Crippen molar-refractivity contribution in [3.63, 3.8) is 0 Å². The van der Waals surface area contributed by atoms with Crippen LogP contribution in [0.2, 0.25) is 0 Å². The molecule has 2 aliphatic rings. The van der Waals surface area contributed by atoms with Crippen molar-refractivity contribution in [2.24, 2.45) is 5.92 Å². The molecule has 1 aromatic rings. The van der Waals surface area contributed by atoms with Gasteiger partial charge in [0, 0.05) is 18.7 Å². The first kappa shape index (κ1) is 11.7. The van der Waals surface area contributed by atoms with Gasteiger partial charge in [0.05, 0.1) is 0 Å². The Balaban J connectivity index is 1.78. The van der Waals surface area contributed by atoms with Gasteiger partial charge in [0.1, 0.15) is 0 Å². The summed E-state index contributed by atoms with van der Waals surface area (Å²) in [5, 5.41) is 3.29. The summed E-state index contributed by atoms with van der Waals surface area (Å²) in [6.07, 6.45) is 3.82. The molecule has 1 saturated heterocycles. The lowest BCUT2D eigenvalue weighted by Gasteiger charge is -2.30. The molecule has 0 radical (unpaired) electrons. The zero-order valence-corrected chi connectivity index (χ0v) is 10.7. The average molecular weight is 244 g/mol. The smallest absolute Gasteiger partial charge is 0.226 e. The number of carbonyl (C=O) groups is 1. The van der Waals surface area contributed by atoms with Crippen LogP contribution < -0.4 is 10.2 Å². The van der Waals surface area contributed by atoms with E-state index in [2.05, 4.69) is 23.5 Å². The average Bonchev–Trinajstić information content (AvgIpc) is 2.47. The Kier molecular flexibility index (Phi) is 3.33. The van der Waals surface area contributed by atoms with E-state index in [0.29, 0.717) is 12.3 Å². The second kappa shape index (κ2) is 5.11. The lowest BCUT2D eigenvalue weighted by Crippen LogP contribution is -2.44. The molecule has 2 heterocycles. The second-order valence-electron chi connectivity index (χ2n) is 5.34. The van der Waals surface area contributed by atoms with Crippen LogP contribution in [-0.4, -0.2) is 25.5 Å². The summed E-state index contributed by atoms with van der Waals surface area (Å²) in [5.74, 6) is 1.06. The number of nitrogens with one attached hydrogen (secondary N) is 1. The molecule has 0 saturated carbocycles. The maximum absolute atomic E-state index is 12.2. The minimum Gasteiger partial charge on any atom is -0.316 e. The van der Waals surface area contributed by atoms with Gasteiger partial charge in [-0.1, -0.05) is 18.2 Å². The molecular weight excluding hydrogens is 224 g/mol. The third-order valence-corrected chi connectivity index (χ3v) is 4.05. The number of para-hydroxylation sites is 1. The molecule has 1 amide bonds. The van der Waals surface area contributed by atoms with E-state index in [1.54, 1.807) is 0 Å². The summed E-state index contributed by atoms with van der Waals surface area (Å²) in [7, 11) is 0. The van der Waals surface area contributed by atoms with E-state index < -0.39 is 0 Å². The van der Waals surface area contributed by atoms with Crippen molar-refractivity contribution in [1.29, 1.82) is 0 Å². The largest absolute Gasteiger partial charge is 0.316 e. The zero-order chi connectivity index (χ0) is 12.4. The Morgan fingerprint density at radius 2 is 2.06 bits per heavy atom. The number of rotatable bonds is 3. The highest BCUT2D eigenvalue weighted by molar-refractivity contribution is 5.94. The Hall–Kier alpha value is -1.35. The van der Waals surface area contributed by atoms with Crippen LogP contribution in [0.1, 0.15) is 24.8 Å². The molecule has 2 aliphatic heterocycles. The molecule has 1 aromatic carbocycles. The third kappa shape index (κ3) is 2.27. The van der Waals surface area contributed by atoms with Gasteiger partial charge in [0.2, 0.25) is 5.91 Å². The molecule has 0 atom stereocenters. The normalized spacial score (nSPS) is 20.2. The fourth-order valence-electron chi connectivity index (χ4n) is 2.79. The molecule has 1 N–H and O–H groups in total. The van der Waals surface area contributed by atoms with Gasteiger partial charge in [-0.25, -0.2) is 0 Å². The van der Waals surface area contributed by atoms with Gasteiger partial charge in [-0.15, -0.1) is 0 Å². The lowest BCUT2D eigenvalue weighted by atomic mass is 9.99. The highest BCUT2D eigenvalue weighted by Crippen LogP contribution is 2.27. The number of hydrogen-bond acceptors (Lipinski definition) is 2. The van der Waals surface area contributed by atoms with Gasteiger partial charge in [-0.3, -0.25) is 4.79 Å². The van der Waals surface area contributed by atoms with Gasteiger partial charge in [0.25, 0.3) is 0 Å². The van der Waals surface area contributed by atoms with Crippen molar-refractivity contribution in [1.82, 2.24) is 5.32 Å². The van der Waals surface area contributed by atoms with Crippen molar-refractivity contribution in [2.45, 2.75) is 25.7 Å². The second-order valence-corrected chi connectivity index (χ2v) is 5.34. The predicted molar refractivity (Wildman–Crippen MR) is 72.7 cm³/mol. The van der Waals surface area contributed by atoms with Crippen LogP contribution in [0, 0.1) is 5.92 Å². The van der Waals surface area contributed by atoms with E-state index in [-0.39, 0.29) is 0 Å². The van der Waals surface area contributed by atoms with E-state index in [1.807, 2.05) is 11.0 Å². The maximum Gasteiger partial charge on any atom is 0.226 e. The molecule has 18 heavy (non-hydrogen) atoms. The molecule has 0 unspecified atom stereocenters. The van der Waals surface area contributed by atoms with E-state index in [4.69, 9.17) is 0 Å². The lowest BCUT2D eigenvalue weighted by molar-refractivity contribution is -0.118. The van der Waals surface area contributed by atoms with Gasteiger partial charge >= 0.3 is 0 Å². The molecule has 0 bridgehead atoms. The van der Waals surface area contributed by atoms with Crippen LogP contribution in [-0.2, 0) is 11.2 Å². The van der Waals surface area contributed by atoms with Crippen LogP contribution in [0.15, 0.2) is 24.3 Å². The Morgan fingerprint density at radius 1 is 1.22 bits per heavy atom. The number of hydrogen-bond donors (Lipinski definition) is 1. The monoisotopic (exact) mass is 244 g/mol. The first-order valence-electron chi connectivity index (χ1n) is 6.93. The molecule has 3 heteroatoms. The molecule has 0 aliphatic carbocycles. The van der Waals surface area contributed by atoms with Crippen molar-refractivity contribution in [2.75, 3.05) is 24.5 Å². The third-order valence-electron chi connectivity index (χ3n) is 4.05. The first-order valence-corrected chi connectivity index (χ1v) is 6.93. The van der Waals surface area contributed by atoms with Crippen molar-refractivity contribution < 1.29 is 4.79 Å². The van der Waals surface area contributed by atoms with Gasteiger partial charge in [-0.05, 0) is 49.9 Å². The van der Waals surface area contributed by atoms with E-state index >= 15 is 0 Å². The molecule has 0 spiro atoms. The minimum atomic E-state index is 0.298. The minimum absolute atomic E-state index is 0.298. The maximum atomic E-state index is 12.2. The number of amides is 1. The van der Waals surface area contributed by atoms with Crippen LogP contribution in [0.5, 0.6) is 0 Å². The quantitative estimate of drug-likeness (QED) is 0.881. The highest BCUT2D eigenvalue weighted by atomic mass is 16.2. The van der Waals surface area contributed by atoms with Crippen molar-refractivity contribution >= 4 is 11.6 Å². The summed E-state index contributed by atoms with van der Waals surface area (Å²) >= 11 is 0. The standard InChI is InChI=1S/C15H20N2O/c18-15-7-3-5-13-4-1-2-6-14(13)17(15)9-8-12-10-16-11-12/h1-2,4,6,12,16H,3,5,7-11H2. The van der Waals surface area contributed by atoms with E-state index in [1.165, 1.54) is 5.56 Å². The van der Waals surface area contributed by atoms with Gasteiger partial charge in [0.15, 0.2) is 0 Å². The van der Waals surface area contributed by atoms with Crippen LogP contribution in [0.3, 0.4) is 0 Å². The Morgan fingerprint density at radius 3 is 2.83 bits per heavy atom. The number of benzene rings is 1. The number of fused-ring (bicyclic) bond motifs is 1. The van der Waals surface area contributed by atoms with E-state index in [0.717, 1.165) is 50.5 Å². The molecule has 3 nitrogen and oxygen atoms in total. The Labute approximate surface area is 108 Å². The number of nitrogens with zero attached hydrogens (tertiary/aromatic N) is 1. The summed E-state index contributed by atoms with van der Waals surface area (Å²) in [4.78, 5) is 14.2. The highest BCUT2D eigenvalue weighted by Gasteiger charge is 2.24. The molecule has 3 rings (SSSR count). The predicted octanol–water partition coefficient (Wildman–Crippen LogP) is 1.97. The topological polar surface area (TPSA) is 32.3 Å². The van der Waals surface area contributed by atoms with Crippen LogP contribution >= 0.6 is 0 Å². The first-order chi connectivity index (χ1) is 8.84. The summed E-state index contributed by atoms with van der Waals surface area (Å²) in [6.45, 7) is 3.11. The van der Waals surface area contributed by atoms with Gasteiger partial charge in [-0.2, -0.15) is 0 Å². The van der Waals surface area contributed by atoms with E-state index in [9.17, 15) is 4.79 Å². The van der Waals surface area contributed by atoms with Gasteiger partial charge < -0.3 is 10.2 Å². The summed E-state index contributed by atoms with van der Waals surface area (Å²) in [5.41, 5.74) is 2.47. The molecule has 96 valence electrons.